The second kappa shape index (κ2) is 3.01. The standard InChI is InChI=1S/C5H11ClOSi2/c1-2-9(6)5-3-4-7-8-9/h2H,1,3-5,8H2. The second-order valence-corrected chi connectivity index (χ2v) is 14.3. The lowest BCUT2D eigenvalue weighted by atomic mass is 10.5. The van der Waals surface area contributed by atoms with Crippen LogP contribution in [0.25, 0.3) is 0 Å². The molecular weight excluding hydrogens is 168 g/mol. The van der Waals surface area contributed by atoms with Crippen LogP contribution in [0.5, 0.6) is 0 Å². The Morgan fingerprint density at radius 1 is 1.78 bits per heavy atom. The highest BCUT2D eigenvalue weighted by molar-refractivity contribution is 7.49. The molecule has 0 radical (unpaired) electrons. The van der Waals surface area contributed by atoms with Crippen LogP contribution >= 0.6 is 11.1 Å². The van der Waals surface area contributed by atoms with E-state index in [1.165, 1.54) is 6.04 Å². The topological polar surface area (TPSA) is 9.23 Å². The molecule has 1 rings (SSSR count). The molecule has 52 valence electrons. The van der Waals surface area contributed by atoms with Crippen molar-refractivity contribution in [3.8, 4) is 0 Å². The average Bonchev–Trinajstić information content (AvgIpc) is 1.90. The molecule has 9 heavy (non-hydrogen) atoms. The molecule has 0 amide bonds. The van der Waals surface area contributed by atoms with Crippen LogP contribution in [0, 0.1) is 0 Å². The van der Waals surface area contributed by atoms with Gasteiger partial charge in [-0.25, -0.2) is 0 Å². The third kappa shape index (κ3) is 1.93. The minimum Gasteiger partial charge on any atom is -0.425 e. The summed E-state index contributed by atoms with van der Waals surface area (Å²) in [6.45, 7) is 3.23. The van der Waals surface area contributed by atoms with Crippen molar-refractivity contribution in [2.75, 3.05) is 6.61 Å². The number of halogens is 1. The van der Waals surface area contributed by atoms with E-state index in [2.05, 4.69) is 6.58 Å². The third-order valence-electron chi connectivity index (χ3n) is 1.59. The first-order chi connectivity index (χ1) is 4.27. The van der Waals surface area contributed by atoms with Crippen molar-refractivity contribution in [2.45, 2.75) is 12.5 Å². The summed E-state index contributed by atoms with van der Waals surface area (Å²) in [5, 5.41) is 0. The lowest BCUT2D eigenvalue weighted by Gasteiger charge is -2.24. The molecule has 0 aromatic rings. The summed E-state index contributed by atoms with van der Waals surface area (Å²) in [5.41, 5.74) is 1.97. The molecule has 1 atom stereocenters. The van der Waals surface area contributed by atoms with Gasteiger partial charge in [-0.15, -0.1) is 6.58 Å². The highest BCUT2D eigenvalue weighted by Gasteiger charge is 2.30. The largest absolute Gasteiger partial charge is 0.425 e. The molecule has 1 heterocycles. The fourth-order valence-electron chi connectivity index (χ4n) is 0.943. The molecule has 1 fully saturated rings. The van der Waals surface area contributed by atoms with Gasteiger partial charge in [0.05, 0.1) is 0 Å². The summed E-state index contributed by atoms with van der Waals surface area (Å²) in [7, 11) is -0.388. The summed E-state index contributed by atoms with van der Waals surface area (Å²) in [4.78, 5) is 0. The smallest absolute Gasteiger partial charge is 0.192 e. The van der Waals surface area contributed by atoms with Gasteiger partial charge < -0.3 is 4.43 Å². The fourth-order valence-corrected chi connectivity index (χ4v) is 6.91. The van der Waals surface area contributed by atoms with Crippen molar-refractivity contribution >= 4 is 27.3 Å². The van der Waals surface area contributed by atoms with Crippen LogP contribution in [0.1, 0.15) is 6.42 Å². The molecule has 0 saturated carbocycles. The van der Waals surface area contributed by atoms with Crippen molar-refractivity contribution in [2.24, 2.45) is 0 Å². The summed E-state index contributed by atoms with van der Waals surface area (Å²) >= 11 is 6.22. The Balaban J connectivity index is 2.46. The molecule has 0 bridgehead atoms. The number of rotatable bonds is 1. The Kier molecular flexibility index (Phi) is 2.52. The van der Waals surface area contributed by atoms with Gasteiger partial charge in [-0.2, -0.15) is 11.1 Å². The van der Waals surface area contributed by atoms with Crippen LogP contribution in [0.3, 0.4) is 0 Å². The highest BCUT2D eigenvalue weighted by atomic mass is 35.6. The van der Waals surface area contributed by atoms with E-state index in [0.29, 0.717) is 0 Å². The lowest BCUT2D eigenvalue weighted by Crippen LogP contribution is -2.39. The lowest BCUT2D eigenvalue weighted by molar-refractivity contribution is 0.335. The van der Waals surface area contributed by atoms with E-state index in [4.69, 9.17) is 15.5 Å². The van der Waals surface area contributed by atoms with E-state index in [9.17, 15) is 0 Å². The fraction of sp³-hybridized carbons (Fsp3) is 0.600. The Bertz CT molecular complexity index is 112. The van der Waals surface area contributed by atoms with Gasteiger partial charge in [0.15, 0.2) is 16.2 Å². The number of hydrogen-bond donors (Lipinski definition) is 0. The first-order valence-corrected chi connectivity index (χ1v) is 9.37. The zero-order valence-electron chi connectivity index (χ0n) is 5.40. The zero-order valence-corrected chi connectivity index (χ0v) is 8.57. The molecular formula is C5H11ClOSi2. The van der Waals surface area contributed by atoms with Crippen LogP contribution in [0.4, 0.5) is 0 Å². The van der Waals surface area contributed by atoms with Crippen LogP contribution in [0.2, 0.25) is 6.04 Å². The van der Waals surface area contributed by atoms with Gasteiger partial charge in [0.2, 0.25) is 0 Å². The molecule has 1 saturated heterocycles. The summed E-state index contributed by atoms with van der Waals surface area (Å²) in [5.74, 6) is 0. The molecule has 0 aliphatic carbocycles. The quantitative estimate of drug-likeness (QED) is 0.429. The maximum absolute atomic E-state index is 6.22. The van der Waals surface area contributed by atoms with E-state index in [0.717, 1.165) is 13.0 Å². The van der Waals surface area contributed by atoms with Crippen molar-refractivity contribution in [1.29, 1.82) is 0 Å². The molecule has 1 aliphatic heterocycles. The third-order valence-corrected chi connectivity index (χ3v) is 10.5. The monoisotopic (exact) mass is 178 g/mol. The molecule has 1 unspecified atom stereocenters. The summed E-state index contributed by atoms with van der Waals surface area (Å²) in [6.07, 6.45) is 1.15. The molecule has 0 spiro atoms. The van der Waals surface area contributed by atoms with Crippen LogP contribution in [0.15, 0.2) is 12.3 Å². The molecule has 4 heteroatoms. The SMILES string of the molecule is C=C[Si]1(Cl)CCCO[SiH2]1. The van der Waals surface area contributed by atoms with E-state index in [1.54, 1.807) is 0 Å². The molecule has 0 N–H and O–H groups in total. The van der Waals surface area contributed by atoms with Crippen LogP contribution in [-0.4, -0.2) is 22.8 Å². The Hall–Kier alpha value is 0.424. The van der Waals surface area contributed by atoms with Gasteiger partial charge in [0.1, 0.15) is 0 Å². The Morgan fingerprint density at radius 2 is 2.56 bits per heavy atom. The predicted molar refractivity (Wildman–Crippen MR) is 45.7 cm³/mol. The Morgan fingerprint density at radius 3 is 2.89 bits per heavy atom. The van der Waals surface area contributed by atoms with Crippen molar-refractivity contribution in [3.05, 3.63) is 12.3 Å². The first kappa shape index (κ1) is 7.53. The minimum atomic E-state index is -1.46. The number of hydrogen-bond acceptors (Lipinski definition) is 1. The van der Waals surface area contributed by atoms with E-state index in [-0.39, 0.29) is 9.28 Å². The van der Waals surface area contributed by atoms with Crippen molar-refractivity contribution in [3.63, 3.8) is 0 Å². The highest BCUT2D eigenvalue weighted by Crippen LogP contribution is 2.20. The van der Waals surface area contributed by atoms with Gasteiger partial charge in [-0.05, 0) is 12.5 Å². The van der Waals surface area contributed by atoms with Gasteiger partial charge >= 0.3 is 0 Å². The molecule has 1 nitrogen and oxygen atoms in total. The predicted octanol–water partition coefficient (Wildman–Crippen LogP) is 0.897. The van der Waals surface area contributed by atoms with Crippen LogP contribution < -0.4 is 0 Å². The average molecular weight is 179 g/mol. The van der Waals surface area contributed by atoms with Crippen LogP contribution in [-0.2, 0) is 4.43 Å². The summed E-state index contributed by atoms with van der Waals surface area (Å²) < 4.78 is 5.37. The van der Waals surface area contributed by atoms with Gasteiger partial charge in [-0.3, -0.25) is 0 Å². The molecule has 0 aromatic heterocycles. The van der Waals surface area contributed by atoms with E-state index in [1.807, 2.05) is 5.70 Å². The van der Waals surface area contributed by atoms with Crippen molar-refractivity contribution < 1.29 is 4.43 Å². The first-order valence-electron chi connectivity index (χ1n) is 3.17. The summed E-state index contributed by atoms with van der Waals surface area (Å²) in [6, 6.07) is 1.20. The maximum atomic E-state index is 6.22. The van der Waals surface area contributed by atoms with Gasteiger partial charge in [0, 0.05) is 6.61 Å². The normalized spacial score (nSPS) is 38.8. The van der Waals surface area contributed by atoms with E-state index < -0.39 is 6.90 Å². The minimum absolute atomic E-state index is 0.388. The molecule has 1 aliphatic rings. The zero-order chi connectivity index (χ0) is 6.74. The van der Waals surface area contributed by atoms with E-state index >= 15 is 0 Å². The maximum Gasteiger partial charge on any atom is 0.192 e. The van der Waals surface area contributed by atoms with Crippen molar-refractivity contribution in [1.82, 2.24) is 0 Å². The molecule has 0 aromatic carbocycles. The second-order valence-electron chi connectivity index (χ2n) is 2.39. The van der Waals surface area contributed by atoms with Gasteiger partial charge in [0.25, 0.3) is 0 Å². The van der Waals surface area contributed by atoms with Gasteiger partial charge in [-0.1, -0.05) is 5.70 Å². The Labute approximate surface area is 63.5 Å².